The van der Waals surface area contributed by atoms with Crippen molar-refractivity contribution in [2.24, 2.45) is 0 Å². The molecule has 0 radical (unpaired) electrons. The van der Waals surface area contributed by atoms with Gasteiger partial charge in [-0.25, -0.2) is 4.39 Å². The summed E-state index contributed by atoms with van der Waals surface area (Å²) in [6, 6.07) is 10.3. The number of anilines is 1. The van der Waals surface area contributed by atoms with Gasteiger partial charge < -0.3 is 9.80 Å². The summed E-state index contributed by atoms with van der Waals surface area (Å²) in [6.07, 6.45) is 0. The minimum absolute atomic E-state index is 0.00758. The van der Waals surface area contributed by atoms with Crippen LogP contribution in [0.2, 0.25) is 5.02 Å². The van der Waals surface area contributed by atoms with Gasteiger partial charge in [-0.05, 0) is 30.3 Å². The van der Waals surface area contributed by atoms with Gasteiger partial charge in [-0.1, -0.05) is 11.6 Å². The minimum atomic E-state index is -0.629. The molecule has 0 saturated carbocycles. The van der Waals surface area contributed by atoms with Crippen molar-refractivity contribution in [3.05, 3.63) is 69.0 Å². The lowest BCUT2D eigenvalue weighted by Gasteiger charge is -2.36. The molecule has 1 aliphatic heterocycles. The number of piperazine rings is 1. The molecule has 25 heavy (non-hydrogen) atoms. The van der Waals surface area contributed by atoms with Crippen LogP contribution in [0.15, 0.2) is 42.5 Å². The normalized spacial score (nSPS) is 14.5. The number of benzene rings is 2. The van der Waals surface area contributed by atoms with E-state index in [1.807, 2.05) is 4.90 Å². The Labute approximate surface area is 148 Å². The lowest BCUT2D eigenvalue weighted by atomic mass is 10.1. The molecule has 130 valence electrons. The van der Waals surface area contributed by atoms with Crippen LogP contribution in [-0.4, -0.2) is 41.9 Å². The Balaban J connectivity index is 1.65. The average Bonchev–Trinajstić information content (AvgIpc) is 2.61. The van der Waals surface area contributed by atoms with Gasteiger partial charge in [0.15, 0.2) is 0 Å². The Morgan fingerprint density at radius 3 is 2.28 bits per heavy atom. The summed E-state index contributed by atoms with van der Waals surface area (Å²) in [4.78, 5) is 26.3. The lowest BCUT2D eigenvalue weighted by Crippen LogP contribution is -2.49. The second-order valence-electron chi connectivity index (χ2n) is 5.68. The predicted octanol–water partition coefficient (Wildman–Crippen LogP) is 3.35. The van der Waals surface area contributed by atoms with Gasteiger partial charge in [0, 0.05) is 49.0 Å². The van der Waals surface area contributed by atoms with Crippen LogP contribution in [0.3, 0.4) is 0 Å². The van der Waals surface area contributed by atoms with E-state index >= 15 is 0 Å². The molecular formula is C17H15ClFN3O3. The Bertz CT molecular complexity index is 805. The Morgan fingerprint density at radius 2 is 1.72 bits per heavy atom. The van der Waals surface area contributed by atoms with Crippen molar-refractivity contribution < 1.29 is 14.1 Å². The summed E-state index contributed by atoms with van der Waals surface area (Å²) >= 11 is 5.71. The number of hydrogen-bond acceptors (Lipinski definition) is 4. The van der Waals surface area contributed by atoms with Crippen LogP contribution in [0.25, 0.3) is 0 Å². The van der Waals surface area contributed by atoms with Gasteiger partial charge >= 0.3 is 0 Å². The number of nitro benzene ring substituents is 1. The van der Waals surface area contributed by atoms with Gasteiger partial charge in [-0.15, -0.1) is 0 Å². The summed E-state index contributed by atoms with van der Waals surface area (Å²) in [7, 11) is 0. The molecule has 6 nitrogen and oxygen atoms in total. The van der Waals surface area contributed by atoms with Crippen molar-refractivity contribution in [3.63, 3.8) is 0 Å². The van der Waals surface area contributed by atoms with Gasteiger partial charge in [0.25, 0.3) is 11.6 Å². The number of nitro groups is 1. The zero-order valence-electron chi connectivity index (χ0n) is 13.2. The number of hydrogen-bond donors (Lipinski definition) is 0. The standard InChI is InChI=1S/C17H15ClFN3O3/c18-12-1-6-15(16(19)11-12)17(23)21-9-7-20(8-10-21)13-2-4-14(5-3-13)22(24)25/h1-6,11H,7-10H2. The fraction of sp³-hybridized carbons (Fsp3) is 0.235. The third kappa shape index (κ3) is 3.71. The molecule has 3 rings (SSSR count). The quantitative estimate of drug-likeness (QED) is 0.619. The molecule has 1 amide bonds. The smallest absolute Gasteiger partial charge is 0.269 e. The molecule has 1 heterocycles. The lowest BCUT2D eigenvalue weighted by molar-refractivity contribution is -0.384. The molecule has 1 saturated heterocycles. The second kappa shape index (κ2) is 7.06. The number of non-ortho nitro benzene ring substituents is 1. The monoisotopic (exact) mass is 363 g/mol. The molecule has 1 fully saturated rings. The van der Waals surface area contributed by atoms with E-state index in [4.69, 9.17) is 11.6 Å². The van der Waals surface area contributed by atoms with E-state index in [9.17, 15) is 19.3 Å². The van der Waals surface area contributed by atoms with Crippen LogP contribution in [0.5, 0.6) is 0 Å². The van der Waals surface area contributed by atoms with Gasteiger partial charge in [-0.2, -0.15) is 0 Å². The summed E-state index contributed by atoms with van der Waals surface area (Å²) < 4.78 is 13.9. The van der Waals surface area contributed by atoms with Gasteiger partial charge in [-0.3, -0.25) is 14.9 Å². The van der Waals surface area contributed by atoms with Crippen LogP contribution < -0.4 is 4.90 Å². The van der Waals surface area contributed by atoms with Crippen molar-refractivity contribution in [2.45, 2.75) is 0 Å². The molecule has 0 atom stereocenters. The molecule has 8 heteroatoms. The SMILES string of the molecule is O=C(c1ccc(Cl)cc1F)N1CCN(c2ccc([N+](=O)[O-])cc2)CC1. The highest BCUT2D eigenvalue weighted by atomic mass is 35.5. The Kier molecular flexibility index (Phi) is 4.85. The molecule has 0 unspecified atom stereocenters. The third-order valence-electron chi connectivity index (χ3n) is 4.15. The van der Waals surface area contributed by atoms with E-state index in [0.29, 0.717) is 26.2 Å². The first-order valence-corrected chi connectivity index (χ1v) is 8.07. The molecule has 0 aromatic heterocycles. The van der Waals surface area contributed by atoms with Crippen LogP contribution in [0.4, 0.5) is 15.8 Å². The minimum Gasteiger partial charge on any atom is -0.368 e. The summed E-state index contributed by atoms with van der Waals surface area (Å²) in [5.41, 5.74) is 0.902. The molecule has 0 N–H and O–H groups in total. The zero-order chi connectivity index (χ0) is 18.0. The van der Waals surface area contributed by atoms with Gasteiger partial charge in [0.1, 0.15) is 5.82 Å². The Morgan fingerprint density at radius 1 is 1.08 bits per heavy atom. The maximum absolute atomic E-state index is 13.9. The topological polar surface area (TPSA) is 66.7 Å². The first kappa shape index (κ1) is 17.2. The first-order valence-electron chi connectivity index (χ1n) is 7.69. The molecule has 0 aliphatic carbocycles. The van der Waals surface area contributed by atoms with Crippen molar-refractivity contribution in [1.82, 2.24) is 4.90 Å². The van der Waals surface area contributed by atoms with E-state index in [1.54, 1.807) is 17.0 Å². The van der Waals surface area contributed by atoms with Crippen molar-refractivity contribution >= 4 is 28.9 Å². The summed E-state index contributed by atoms with van der Waals surface area (Å²) in [5.74, 6) is -0.993. The molecule has 0 bridgehead atoms. The van der Waals surface area contributed by atoms with E-state index in [-0.39, 0.29) is 22.2 Å². The van der Waals surface area contributed by atoms with Crippen molar-refractivity contribution in [3.8, 4) is 0 Å². The fourth-order valence-electron chi connectivity index (χ4n) is 2.79. The molecule has 2 aromatic rings. The number of rotatable bonds is 3. The highest BCUT2D eigenvalue weighted by Gasteiger charge is 2.24. The van der Waals surface area contributed by atoms with E-state index in [0.717, 1.165) is 11.8 Å². The van der Waals surface area contributed by atoms with E-state index < -0.39 is 10.7 Å². The maximum Gasteiger partial charge on any atom is 0.269 e. The van der Waals surface area contributed by atoms with Crippen LogP contribution in [0, 0.1) is 15.9 Å². The van der Waals surface area contributed by atoms with Gasteiger partial charge in [0.2, 0.25) is 0 Å². The second-order valence-corrected chi connectivity index (χ2v) is 6.11. The molecule has 1 aliphatic rings. The number of carbonyl (C=O) groups excluding carboxylic acids is 1. The van der Waals surface area contributed by atoms with E-state index in [1.165, 1.54) is 24.3 Å². The highest BCUT2D eigenvalue weighted by Crippen LogP contribution is 2.22. The number of carbonyl (C=O) groups is 1. The number of amides is 1. The first-order chi connectivity index (χ1) is 12.0. The van der Waals surface area contributed by atoms with Crippen molar-refractivity contribution in [2.75, 3.05) is 31.1 Å². The summed E-state index contributed by atoms with van der Waals surface area (Å²) in [6.45, 7) is 2.02. The molecule has 0 spiro atoms. The molecule has 2 aromatic carbocycles. The highest BCUT2D eigenvalue weighted by molar-refractivity contribution is 6.30. The van der Waals surface area contributed by atoms with Crippen LogP contribution in [-0.2, 0) is 0 Å². The average molecular weight is 364 g/mol. The maximum atomic E-state index is 13.9. The van der Waals surface area contributed by atoms with Crippen LogP contribution in [0.1, 0.15) is 10.4 Å². The van der Waals surface area contributed by atoms with E-state index in [2.05, 4.69) is 0 Å². The summed E-state index contributed by atoms with van der Waals surface area (Å²) in [5, 5.41) is 10.9. The van der Waals surface area contributed by atoms with Crippen molar-refractivity contribution in [1.29, 1.82) is 0 Å². The Hall–Kier alpha value is -2.67. The largest absolute Gasteiger partial charge is 0.368 e. The van der Waals surface area contributed by atoms with Gasteiger partial charge in [0.05, 0.1) is 10.5 Å². The number of halogens is 2. The van der Waals surface area contributed by atoms with Crippen LogP contribution >= 0.6 is 11.6 Å². The number of nitrogens with zero attached hydrogens (tertiary/aromatic N) is 3. The fourth-order valence-corrected chi connectivity index (χ4v) is 2.94. The molecular weight excluding hydrogens is 349 g/mol. The predicted molar refractivity (Wildman–Crippen MR) is 92.6 cm³/mol. The third-order valence-corrected chi connectivity index (χ3v) is 4.39. The zero-order valence-corrected chi connectivity index (χ0v) is 13.9.